The molecule has 0 spiro atoms. The third kappa shape index (κ3) is 9.42. The number of hydrogen-bond donors (Lipinski definition) is 3. The number of amides is 1. The number of carboxylic acids is 1. The Hall–Kier alpha value is -5.86. The molecule has 63 heavy (non-hydrogen) atoms. The minimum atomic E-state index is -1.11. The van der Waals surface area contributed by atoms with Gasteiger partial charge in [0.15, 0.2) is 0 Å². The molecule has 2 atom stereocenters. The van der Waals surface area contributed by atoms with Crippen LogP contribution in [0.2, 0.25) is 0 Å². The third-order valence-corrected chi connectivity index (χ3v) is 14.2. The number of para-hydroxylation sites is 2. The summed E-state index contributed by atoms with van der Waals surface area (Å²) in [6.45, 7) is 1.26. The fraction of sp³-hybridized carbons (Fsp3) is 0.136. The second-order valence-electron chi connectivity index (χ2n) is 13.9. The normalized spacial score (nSPS) is 15.1. The largest absolute Gasteiger partial charge is 0.493 e. The van der Waals surface area contributed by atoms with E-state index in [-0.39, 0.29) is 39.7 Å². The van der Waals surface area contributed by atoms with Crippen molar-refractivity contribution in [3.8, 4) is 34.0 Å². The lowest BCUT2D eigenvalue weighted by atomic mass is 10.0. The number of benzene rings is 4. The lowest BCUT2D eigenvalue weighted by Crippen LogP contribution is -2.31. The van der Waals surface area contributed by atoms with E-state index in [2.05, 4.69) is 57.1 Å². The minimum absolute atomic E-state index is 0.0589. The molecule has 0 saturated heterocycles. The molecule has 0 bridgehead atoms. The van der Waals surface area contributed by atoms with Crippen molar-refractivity contribution < 1.29 is 41.7 Å². The first kappa shape index (κ1) is 43.8. The van der Waals surface area contributed by atoms with Crippen LogP contribution < -0.4 is 20.5 Å². The first-order chi connectivity index (χ1) is 30.4. The van der Waals surface area contributed by atoms with Crippen LogP contribution in [0.5, 0.6) is 11.5 Å². The van der Waals surface area contributed by atoms with E-state index in [1.807, 2.05) is 48.5 Å². The van der Waals surface area contributed by atoms with E-state index in [4.69, 9.17) is 20.3 Å². The van der Waals surface area contributed by atoms with Gasteiger partial charge in [0.25, 0.3) is 5.91 Å². The predicted molar refractivity (Wildman–Crippen MR) is 238 cm³/mol. The zero-order valence-corrected chi connectivity index (χ0v) is 37.1. The maximum absolute atomic E-state index is 13.7. The van der Waals surface area contributed by atoms with Gasteiger partial charge in [0, 0.05) is 53.3 Å². The molecule has 4 aromatic carbocycles. The van der Waals surface area contributed by atoms with Crippen molar-refractivity contribution in [1.29, 1.82) is 0 Å². The molecule has 0 aliphatic carbocycles. The topological polar surface area (TPSA) is 162 Å². The van der Waals surface area contributed by atoms with Gasteiger partial charge in [0.1, 0.15) is 68.2 Å². The van der Waals surface area contributed by atoms with Gasteiger partial charge in [-0.3, -0.25) is 4.79 Å². The molecule has 0 saturated carbocycles. The van der Waals surface area contributed by atoms with E-state index in [0.29, 0.717) is 53.0 Å². The van der Waals surface area contributed by atoms with E-state index in [1.54, 1.807) is 0 Å². The summed E-state index contributed by atoms with van der Waals surface area (Å²) >= 11 is 8.77. The molecule has 0 fully saturated rings. The third-order valence-electron chi connectivity index (χ3n) is 9.77. The van der Waals surface area contributed by atoms with Gasteiger partial charge in [0.2, 0.25) is 0 Å². The van der Waals surface area contributed by atoms with Crippen molar-refractivity contribution in [2.24, 2.45) is 5.73 Å². The van der Waals surface area contributed by atoms with Crippen LogP contribution in [0.3, 0.4) is 0 Å². The van der Waals surface area contributed by atoms with Crippen molar-refractivity contribution in [3.63, 3.8) is 0 Å². The molecule has 11 nitrogen and oxygen atoms in total. The molecular weight excluding hydrogens is 992 g/mol. The molecular formula is C44H30Br2F4N6O5S2. The molecule has 10 rings (SSSR count). The van der Waals surface area contributed by atoms with Crippen LogP contribution in [-0.4, -0.2) is 50.1 Å². The van der Waals surface area contributed by atoms with Crippen LogP contribution in [0.4, 0.5) is 17.6 Å². The van der Waals surface area contributed by atoms with Gasteiger partial charge in [-0.05, 0) is 68.3 Å². The van der Waals surface area contributed by atoms with Gasteiger partial charge in [-0.1, -0.05) is 36.4 Å². The number of halogens is 6. The Morgan fingerprint density at radius 1 is 0.667 bits per heavy atom. The maximum Gasteiger partial charge on any atom is 0.347 e. The number of ether oxygens (including phenoxy) is 2. The van der Waals surface area contributed by atoms with Gasteiger partial charge >= 0.3 is 5.97 Å². The highest BCUT2D eigenvalue weighted by Crippen LogP contribution is 2.41. The predicted octanol–water partition coefficient (Wildman–Crippen LogP) is 11.2. The fourth-order valence-electron chi connectivity index (χ4n) is 6.92. The quantitative estimate of drug-likeness (QED) is 0.141. The highest BCUT2D eigenvalue weighted by molar-refractivity contribution is 9.11. The van der Waals surface area contributed by atoms with Crippen LogP contribution in [0, 0.1) is 23.3 Å². The number of carboxylic acid groups (broad SMARTS) is 1. The van der Waals surface area contributed by atoms with E-state index >= 15 is 0 Å². The molecule has 19 heteroatoms. The first-order valence-electron chi connectivity index (χ1n) is 18.9. The zero-order valence-electron chi connectivity index (χ0n) is 32.3. The number of fused-ring (bicyclic) bond motifs is 4. The lowest BCUT2D eigenvalue weighted by molar-refractivity contribution is 0.0701. The molecule has 0 unspecified atom stereocenters. The van der Waals surface area contributed by atoms with Crippen molar-refractivity contribution >= 4 is 86.8 Å². The summed E-state index contributed by atoms with van der Waals surface area (Å²) in [5, 5.41) is 12.2. The number of aromatic carboxylic acids is 1. The number of thiophene rings is 2. The number of rotatable bonds is 5. The van der Waals surface area contributed by atoms with Crippen LogP contribution in [0.1, 0.15) is 55.4 Å². The summed E-state index contributed by atoms with van der Waals surface area (Å²) in [5.74, 6) is -2.53. The average Bonchev–Trinajstić information content (AvgIpc) is 3.80. The molecule has 6 heterocycles. The van der Waals surface area contributed by atoms with Crippen molar-refractivity contribution in [2.75, 3.05) is 13.2 Å². The van der Waals surface area contributed by atoms with Crippen molar-refractivity contribution in [2.45, 2.75) is 24.9 Å². The summed E-state index contributed by atoms with van der Waals surface area (Å²) in [6.07, 6.45) is 4.12. The second kappa shape index (κ2) is 18.9. The smallest absolute Gasteiger partial charge is 0.347 e. The molecule has 320 valence electrons. The Bertz CT molecular complexity index is 3010. The summed E-state index contributed by atoms with van der Waals surface area (Å²) in [4.78, 5) is 41.3. The fourth-order valence-corrected chi connectivity index (χ4v) is 10.7. The number of carbonyl (C=O) groups is 2. The minimum Gasteiger partial charge on any atom is -0.493 e. The van der Waals surface area contributed by atoms with E-state index in [0.717, 1.165) is 71.3 Å². The van der Waals surface area contributed by atoms with Crippen LogP contribution in [-0.2, 0) is 0 Å². The molecule has 0 radical (unpaired) electrons. The van der Waals surface area contributed by atoms with Crippen LogP contribution in [0.25, 0.3) is 42.9 Å². The van der Waals surface area contributed by atoms with Crippen LogP contribution >= 0.6 is 54.5 Å². The monoisotopic (exact) mass is 1020 g/mol. The SMILES string of the molecule is N[C@H]1CCOc2ccccc21.O=C(N[C@H]1CCOc2ccccc21)c1sc2c(-c3cc(F)cc(F)c3)ncnc2c1Br.O=C(O)c1sc2c(-c3cc(F)cc(F)c3)ncnc2c1Br. The highest BCUT2D eigenvalue weighted by Gasteiger charge is 2.27. The Balaban J connectivity index is 0.000000146. The number of aromatic nitrogens is 4. The molecule has 4 aromatic heterocycles. The van der Waals surface area contributed by atoms with E-state index < -0.39 is 29.2 Å². The average molecular weight is 1020 g/mol. The molecule has 1 amide bonds. The summed E-state index contributed by atoms with van der Waals surface area (Å²) in [7, 11) is 0. The van der Waals surface area contributed by atoms with E-state index in [1.165, 1.54) is 36.1 Å². The van der Waals surface area contributed by atoms with Gasteiger partial charge in [0.05, 0.1) is 49.0 Å². The number of carbonyl (C=O) groups excluding carboxylic acids is 1. The maximum atomic E-state index is 13.7. The molecule has 2 aliphatic rings. The number of nitrogens with two attached hydrogens (primary N) is 1. The van der Waals surface area contributed by atoms with Gasteiger partial charge in [-0.25, -0.2) is 42.3 Å². The summed E-state index contributed by atoms with van der Waals surface area (Å²) in [6, 6.07) is 21.8. The second-order valence-corrected chi connectivity index (χ2v) is 17.5. The lowest BCUT2D eigenvalue weighted by Gasteiger charge is -2.26. The Morgan fingerprint density at radius 2 is 1.13 bits per heavy atom. The Kier molecular flexibility index (Phi) is 13.1. The number of hydrogen-bond acceptors (Lipinski definition) is 11. The standard InChI is InChI=1S/C22H14BrF2N3O2S.C13H5BrF2N2O2S.C9H11NO/c23-17-19-21(18(26-10-27-19)11-7-12(24)9-13(25)8-11)31-20(17)22(29)28-15-5-6-30-16-4-2-1-3-14(15)16;14-8-10-12(21-11(8)13(19)20)9(17-4-18-10)5-1-6(15)3-7(16)2-5;10-8-5-6-11-9-4-2-1-3-7(8)9/h1-4,7-10,15H,5-6H2,(H,28,29);1-4H,(H,19,20);1-4,8H,5-6,10H2/t15-;;8-/m0.0/s1. The Labute approximate surface area is 380 Å². The summed E-state index contributed by atoms with van der Waals surface area (Å²) < 4.78 is 67.1. The number of nitrogens with one attached hydrogen (secondary N) is 1. The van der Waals surface area contributed by atoms with Gasteiger partial charge in [-0.15, -0.1) is 22.7 Å². The molecule has 8 aromatic rings. The highest BCUT2D eigenvalue weighted by atomic mass is 79.9. The van der Waals surface area contributed by atoms with E-state index in [9.17, 15) is 27.2 Å². The van der Waals surface area contributed by atoms with Gasteiger partial charge < -0.3 is 25.6 Å². The van der Waals surface area contributed by atoms with Crippen molar-refractivity contribution in [3.05, 3.63) is 151 Å². The first-order valence-corrected chi connectivity index (χ1v) is 22.1. The van der Waals surface area contributed by atoms with Crippen molar-refractivity contribution in [1.82, 2.24) is 25.3 Å². The Morgan fingerprint density at radius 3 is 1.65 bits per heavy atom. The van der Waals surface area contributed by atoms with Crippen LogP contribution in [0.15, 0.2) is 107 Å². The molecule has 2 aliphatic heterocycles. The summed E-state index contributed by atoms with van der Waals surface area (Å²) in [5.41, 5.74) is 10.00. The molecule has 4 N–H and O–H groups in total. The number of nitrogens with zero attached hydrogens (tertiary/aromatic N) is 4. The van der Waals surface area contributed by atoms with Gasteiger partial charge in [-0.2, -0.15) is 0 Å². The zero-order chi connectivity index (χ0) is 44.4.